The molecule has 100 valence electrons. The van der Waals surface area contributed by atoms with Crippen LogP contribution in [0.4, 0.5) is 0 Å². The summed E-state index contributed by atoms with van der Waals surface area (Å²) in [4.78, 5) is 3.68. The van der Waals surface area contributed by atoms with Gasteiger partial charge >= 0.3 is 0 Å². The number of aryl methyl sites for hydroxylation is 1. The monoisotopic (exact) mass is 266 g/mol. The van der Waals surface area contributed by atoms with Crippen LogP contribution in [0.2, 0.25) is 0 Å². The number of ether oxygens (including phenoxy) is 1. The maximum Gasteiger partial charge on any atom is 0.132 e. The number of benzene rings is 1. The predicted octanol–water partition coefficient (Wildman–Crippen LogP) is 2.00. The van der Waals surface area contributed by atoms with Crippen molar-refractivity contribution in [2.45, 2.75) is 17.9 Å². The van der Waals surface area contributed by atoms with Crippen LogP contribution in [0.3, 0.4) is 0 Å². The average Bonchev–Trinajstić information content (AvgIpc) is 2.38. The van der Waals surface area contributed by atoms with Gasteiger partial charge in [0.2, 0.25) is 0 Å². The second kappa shape index (κ2) is 6.45. The van der Waals surface area contributed by atoms with Gasteiger partial charge in [-0.3, -0.25) is 0 Å². The lowest BCUT2D eigenvalue weighted by Gasteiger charge is -2.32. The molecular formula is C14H22N2OS. The lowest BCUT2D eigenvalue weighted by Crippen LogP contribution is -2.50. The Labute approximate surface area is 114 Å². The van der Waals surface area contributed by atoms with E-state index in [0.29, 0.717) is 6.04 Å². The molecular weight excluding hydrogens is 244 g/mol. The van der Waals surface area contributed by atoms with E-state index in [1.54, 1.807) is 7.11 Å². The minimum Gasteiger partial charge on any atom is -0.496 e. The Hall–Kier alpha value is -0.710. The fourth-order valence-electron chi connectivity index (χ4n) is 2.13. The van der Waals surface area contributed by atoms with E-state index in [2.05, 4.69) is 42.4 Å². The van der Waals surface area contributed by atoms with E-state index in [4.69, 9.17) is 4.74 Å². The highest BCUT2D eigenvalue weighted by Crippen LogP contribution is 2.31. The summed E-state index contributed by atoms with van der Waals surface area (Å²) in [6.45, 7) is 5.44. The van der Waals surface area contributed by atoms with Crippen LogP contribution in [0.5, 0.6) is 5.75 Å². The normalized spacial score (nSPS) is 20.9. The van der Waals surface area contributed by atoms with Gasteiger partial charge in [0, 0.05) is 36.3 Å². The molecule has 0 amide bonds. The fraction of sp³-hybridized carbons (Fsp3) is 0.571. The Balaban J connectivity index is 1.98. The van der Waals surface area contributed by atoms with Crippen LogP contribution >= 0.6 is 11.8 Å². The van der Waals surface area contributed by atoms with Crippen LogP contribution in [-0.2, 0) is 0 Å². The summed E-state index contributed by atoms with van der Waals surface area (Å²) in [6.07, 6.45) is 0. The second-order valence-corrected chi connectivity index (χ2v) is 5.87. The summed E-state index contributed by atoms with van der Waals surface area (Å²) in [5.41, 5.74) is 1.29. The highest BCUT2D eigenvalue weighted by molar-refractivity contribution is 7.99. The number of nitrogens with one attached hydrogen (secondary N) is 1. The number of hydrogen-bond donors (Lipinski definition) is 1. The van der Waals surface area contributed by atoms with E-state index in [9.17, 15) is 0 Å². The fourth-order valence-corrected chi connectivity index (χ4v) is 3.44. The van der Waals surface area contributed by atoms with E-state index in [0.717, 1.165) is 31.1 Å². The first-order valence-corrected chi connectivity index (χ1v) is 7.37. The van der Waals surface area contributed by atoms with E-state index in [-0.39, 0.29) is 0 Å². The number of methoxy groups -OCH3 is 1. The molecule has 3 nitrogen and oxygen atoms in total. The molecule has 0 spiro atoms. The number of likely N-dealkylation sites (N-methyl/N-ethyl adjacent to an activating group) is 1. The van der Waals surface area contributed by atoms with Crippen LogP contribution in [0.15, 0.2) is 23.1 Å². The first kappa shape index (κ1) is 13.7. The zero-order chi connectivity index (χ0) is 13.0. The van der Waals surface area contributed by atoms with Crippen molar-refractivity contribution in [1.82, 2.24) is 10.2 Å². The van der Waals surface area contributed by atoms with Crippen molar-refractivity contribution >= 4 is 11.8 Å². The van der Waals surface area contributed by atoms with Gasteiger partial charge in [-0.15, -0.1) is 11.8 Å². The van der Waals surface area contributed by atoms with Gasteiger partial charge in [-0.05, 0) is 31.7 Å². The van der Waals surface area contributed by atoms with Crippen LogP contribution < -0.4 is 10.1 Å². The Morgan fingerprint density at radius 1 is 1.50 bits per heavy atom. The van der Waals surface area contributed by atoms with Crippen molar-refractivity contribution < 1.29 is 4.74 Å². The molecule has 0 aliphatic carbocycles. The first-order chi connectivity index (χ1) is 8.70. The van der Waals surface area contributed by atoms with Gasteiger partial charge in [-0.1, -0.05) is 6.07 Å². The molecule has 1 aliphatic rings. The topological polar surface area (TPSA) is 24.5 Å². The summed E-state index contributed by atoms with van der Waals surface area (Å²) < 4.78 is 5.42. The molecule has 1 aromatic rings. The third-order valence-electron chi connectivity index (χ3n) is 3.39. The molecule has 18 heavy (non-hydrogen) atoms. The van der Waals surface area contributed by atoms with Crippen LogP contribution in [0.1, 0.15) is 5.56 Å². The molecule has 1 heterocycles. The predicted molar refractivity (Wildman–Crippen MR) is 77.7 cm³/mol. The lowest BCUT2D eigenvalue weighted by molar-refractivity contribution is 0.218. The maximum atomic E-state index is 5.42. The Kier molecular flexibility index (Phi) is 4.92. The summed E-state index contributed by atoms with van der Waals surface area (Å²) >= 11 is 1.89. The zero-order valence-electron chi connectivity index (χ0n) is 11.4. The largest absolute Gasteiger partial charge is 0.496 e. The SMILES string of the molecule is COc1ccc(C)cc1SCC1CNCCN1C. The molecule has 0 saturated carbocycles. The van der Waals surface area contributed by atoms with Gasteiger partial charge in [0.1, 0.15) is 5.75 Å². The molecule has 0 bridgehead atoms. The molecule has 4 heteroatoms. The minimum absolute atomic E-state index is 0.606. The van der Waals surface area contributed by atoms with Gasteiger partial charge in [0.05, 0.1) is 7.11 Å². The van der Waals surface area contributed by atoms with Gasteiger partial charge in [-0.25, -0.2) is 0 Å². The van der Waals surface area contributed by atoms with Crippen molar-refractivity contribution in [3.05, 3.63) is 23.8 Å². The highest BCUT2D eigenvalue weighted by atomic mass is 32.2. The maximum absolute atomic E-state index is 5.42. The van der Waals surface area contributed by atoms with Crippen LogP contribution in [-0.4, -0.2) is 50.5 Å². The summed E-state index contributed by atoms with van der Waals surface area (Å²) in [7, 11) is 3.95. The second-order valence-electron chi connectivity index (χ2n) is 4.80. The minimum atomic E-state index is 0.606. The summed E-state index contributed by atoms with van der Waals surface area (Å²) in [5.74, 6) is 2.08. The van der Waals surface area contributed by atoms with E-state index in [1.165, 1.54) is 10.5 Å². The Morgan fingerprint density at radius 2 is 2.33 bits per heavy atom. The highest BCUT2D eigenvalue weighted by Gasteiger charge is 2.19. The number of nitrogens with zero attached hydrogens (tertiary/aromatic N) is 1. The number of hydrogen-bond acceptors (Lipinski definition) is 4. The lowest BCUT2D eigenvalue weighted by atomic mass is 10.2. The van der Waals surface area contributed by atoms with E-state index >= 15 is 0 Å². The van der Waals surface area contributed by atoms with Crippen LogP contribution in [0, 0.1) is 6.92 Å². The zero-order valence-corrected chi connectivity index (χ0v) is 12.2. The molecule has 0 aromatic heterocycles. The summed E-state index contributed by atoms with van der Waals surface area (Å²) in [6, 6.07) is 6.96. The molecule has 1 N–H and O–H groups in total. The third-order valence-corrected chi connectivity index (χ3v) is 4.58. The van der Waals surface area contributed by atoms with Crippen molar-refractivity contribution in [1.29, 1.82) is 0 Å². The quantitative estimate of drug-likeness (QED) is 0.843. The van der Waals surface area contributed by atoms with Crippen molar-refractivity contribution in [2.24, 2.45) is 0 Å². The number of piperazine rings is 1. The Morgan fingerprint density at radius 3 is 3.06 bits per heavy atom. The molecule has 1 fully saturated rings. The number of thioether (sulfide) groups is 1. The van der Waals surface area contributed by atoms with Gasteiger partial charge in [0.25, 0.3) is 0 Å². The van der Waals surface area contributed by atoms with E-state index in [1.807, 2.05) is 11.8 Å². The number of rotatable bonds is 4. The smallest absolute Gasteiger partial charge is 0.132 e. The molecule has 1 saturated heterocycles. The van der Waals surface area contributed by atoms with Crippen LogP contribution in [0.25, 0.3) is 0 Å². The standard InChI is InChI=1S/C14H22N2OS/c1-11-4-5-13(17-3)14(8-11)18-10-12-9-15-6-7-16(12)2/h4-5,8,12,15H,6-7,9-10H2,1-3H3. The summed E-state index contributed by atoms with van der Waals surface area (Å²) in [5, 5.41) is 3.46. The van der Waals surface area contributed by atoms with E-state index < -0.39 is 0 Å². The molecule has 1 aromatic carbocycles. The molecule has 0 radical (unpaired) electrons. The van der Waals surface area contributed by atoms with Crippen molar-refractivity contribution in [3.8, 4) is 5.75 Å². The average molecular weight is 266 g/mol. The van der Waals surface area contributed by atoms with Gasteiger partial charge in [-0.2, -0.15) is 0 Å². The first-order valence-electron chi connectivity index (χ1n) is 6.39. The van der Waals surface area contributed by atoms with Crippen molar-refractivity contribution in [3.63, 3.8) is 0 Å². The Bertz CT molecular complexity index is 397. The van der Waals surface area contributed by atoms with Gasteiger partial charge in [0.15, 0.2) is 0 Å². The molecule has 1 unspecified atom stereocenters. The van der Waals surface area contributed by atoms with Crippen molar-refractivity contribution in [2.75, 3.05) is 39.5 Å². The molecule has 2 rings (SSSR count). The van der Waals surface area contributed by atoms with Gasteiger partial charge < -0.3 is 15.0 Å². The third kappa shape index (κ3) is 3.40. The molecule has 1 atom stereocenters. The molecule has 1 aliphatic heterocycles.